The quantitative estimate of drug-likeness (QED) is 0.895. The molecule has 0 bridgehead atoms. The van der Waals surface area contributed by atoms with E-state index in [1.807, 2.05) is 6.92 Å². The van der Waals surface area contributed by atoms with E-state index in [-0.39, 0.29) is 24.1 Å². The van der Waals surface area contributed by atoms with Crippen molar-refractivity contribution in [3.63, 3.8) is 0 Å². The molecule has 6 nitrogen and oxygen atoms in total. The summed E-state index contributed by atoms with van der Waals surface area (Å²) in [6.45, 7) is 5.36. The average Bonchev–Trinajstić information content (AvgIpc) is 3.26. The van der Waals surface area contributed by atoms with E-state index in [2.05, 4.69) is 20.4 Å². The van der Waals surface area contributed by atoms with Crippen LogP contribution in [-0.2, 0) is 17.4 Å². The lowest BCUT2D eigenvalue weighted by Crippen LogP contribution is -2.34. The fraction of sp³-hybridized carbons (Fsp3) is 0.625. The summed E-state index contributed by atoms with van der Waals surface area (Å²) in [4.78, 5) is 19.6. The molecule has 9 heteroatoms. The van der Waals surface area contributed by atoms with Crippen molar-refractivity contribution in [3.8, 4) is 0 Å². The molecule has 1 N–H and O–H groups in total. The van der Waals surface area contributed by atoms with Gasteiger partial charge in [0.05, 0.1) is 0 Å². The minimum atomic E-state index is -4.62. The van der Waals surface area contributed by atoms with E-state index < -0.39 is 12.0 Å². The normalized spacial score (nSPS) is 16.2. The molecule has 0 spiro atoms. The molecule has 2 aromatic rings. The zero-order chi connectivity index (χ0) is 18.4. The smallest absolute Gasteiger partial charge is 0.353 e. The minimum absolute atomic E-state index is 0.0622. The van der Waals surface area contributed by atoms with Crippen molar-refractivity contribution in [1.29, 1.82) is 0 Å². The van der Waals surface area contributed by atoms with Crippen LogP contribution in [0.2, 0.25) is 0 Å². The Hall–Kier alpha value is -2.19. The average molecular weight is 355 g/mol. The molecule has 2 aromatic heterocycles. The highest BCUT2D eigenvalue weighted by atomic mass is 19.4. The van der Waals surface area contributed by atoms with Crippen molar-refractivity contribution in [3.05, 3.63) is 22.8 Å². The van der Waals surface area contributed by atoms with Gasteiger partial charge in [-0.1, -0.05) is 0 Å². The summed E-state index contributed by atoms with van der Waals surface area (Å²) >= 11 is 0. The lowest BCUT2D eigenvalue weighted by molar-refractivity contribution is -0.144. The molecule has 1 amide bonds. The van der Waals surface area contributed by atoms with Gasteiger partial charge in [0.15, 0.2) is 0 Å². The third-order valence-electron chi connectivity index (χ3n) is 4.62. The number of nitrogens with one attached hydrogen (secondary N) is 1. The SMILES string of the molecule is Cc1nc2nc(C(F)(F)F)nn2c(C)c1CCC(=O)NC(C)C1CC1. The largest absolute Gasteiger partial charge is 0.453 e. The number of nitrogens with zero attached hydrogens (tertiary/aromatic N) is 4. The number of amides is 1. The number of hydrogen-bond donors (Lipinski definition) is 1. The van der Waals surface area contributed by atoms with Gasteiger partial charge in [-0.15, -0.1) is 5.10 Å². The van der Waals surface area contributed by atoms with Crippen LogP contribution in [0, 0.1) is 19.8 Å². The zero-order valence-electron chi connectivity index (χ0n) is 14.3. The number of aromatic nitrogens is 4. The maximum absolute atomic E-state index is 12.8. The van der Waals surface area contributed by atoms with E-state index in [0.717, 1.165) is 22.9 Å². The highest BCUT2D eigenvalue weighted by molar-refractivity contribution is 5.76. The van der Waals surface area contributed by atoms with E-state index in [1.165, 1.54) is 0 Å². The maximum atomic E-state index is 12.8. The topological polar surface area (TPSA) is 72.2 Å². The van der Waals surface area contributed by atoms with Crippen LogP contribution in [0.15, 0.2) is 0 Å². The Morgan fingerprint density at radius 3 is 2.60 bits per heavy atom. The Balaban J connectivity index is 1.77. The minimum Gasteiger partial charge on any atom is -0.353 e. The summed E-state index contributed by atoms with van der Waals surface area (Å²) in [5, 5.41) is 6.48. The van der Waals surface area contributed by atoms with Crippen LogP contribution in [0.3, 0.4) is 0 Å². The van der Waals surface area contributed by atoms with Gasteiger partial charge in [-0.3, -0.25) is 4.79 Å². The van der Waals surface area contributed by atoms with Crippen LogP contribution in [0.1, 0.15) is 49.0 Å². The standard InChI is InChI=1S/C16H20F3N5O/c1-8(11-4-5-11)20-13(25)7-6-12-9(2)21-15-22-14(16(17,18)19)23-24(15)10(12)3/h8,11H,4-7H2,1-3H3,(H,20,25). The number of fused-ring (bicyclic) bond motifs is 1. The Morgan fingerprint density at radius 1 is 1.32 bits per heavy atom. The molecule has 136 valence electrons. The van der Waals surface area contributed by atoms with E-state index in [0.29, 0.717) is 23.7 Å². The second kappa shape index (κ2) is 6.27. The Morgan fingerprint density at radius 2 is 2.00 bits per heavy atom. The van der Waals surface area contributed by atoms with Crippen LogP contribution >= 0.6 is 0 Å². The number of hydrogen-bond acceptors (Lipinski definition) is 4. The lowest BCUT2D eigenvalue weighted by Gasteiger charge is -2.14. The zero-order valence-corrected chi connectivity index (χ0v) is 14.3. The predicted octanol–water partition coefficient (Wildman–Crippen LogP) is 2.61. The molecule has 0 saturated heterocycles. The van der Waals surface area contributed by atoms with Gasteiger partial charge in [0.2, 0.25) is 5.91 Å². The summed E-state index contributed by atoms with van der Waals surface area (Å²) in [6.07, 6.45) is -1.67. The van der Waals surface area contributed by atoms with Crippen molar-refractivity contribution in [2.45, 2.75) is 58.7 Å². The molecule has 1 unspecified atom stereocenters. The fourth-order valence-electron chi connectivity index (χ4n) is 2.97. The summed E-state index contributed by atoms with van der Waals surface area (Å²) in [5.74, 6) is -0.789. The number of halogens is 3. The van der Waals surface area contributed by atoms with Gasteiger partial charge in [0.1, 0.15) is 0 Å². The van der Waals surface area contributed by atoms with E-state index >= 15 is 0 Å². The highest BCUT2D eigenvalue weighted by Gasteiger charge is 2.37. The maximum Gasteiger partial charge on any atom is 0.453 e. The Kier molecular flexibility index (Phi) is 4.42. The summed E-state index contributed by atoms with van der Waals surface area (Å²) in [7, 11) is 0. The van der Waals surface area contributed by atoms with E-state index in [4.69, 9.17) is 0 Å². The van der Waals surface area contributed by atoms with Crippen molar-refractivity contribution in [2.24, 2.45) is 5.92 Å². The fourth-order valence-corrected chi connectivity index (χ4v) is 2.97. The molecule has 1 aliphatic carbocycles. The molecule has 0 aliphatic heterocycles. The molecule has 2 heterocycles. The molecule has 3 rings (SSSR count). The second-order valence-corrected chi connectivity index (χ2v) is 6.60. The first kappa shape index (κ1) is 17.6. The van der Waals surface area contributed by atoms with Gasteiger partial charge in [0.25, 0.3) is 11.6 Å². The predicted molar refractivity (Wildman–Crippen MR) is 83.9 cm³/mol. The molecule has 1 fully saturated rings. The number of carbonyl (C=O) groups is 1. The molecule has 0 aromatic carbocycles. The van der Waals surface area contributed by atoms with Crippen molar-refractivity contribution in [2.75, 3.05) is 0 Å². The summed E-state index contributed by atoms with van der Waals surface area (Å²) < 4.78 is 39.4. The summed E-state index contributed by atoms with van der Waals surface area (Å²) in [5.41, 5.74) is 1.81. The van der Waals surface area contributed by atoms with Crippen LogP contribution in [0.25, 0.3) is 5.78 Å². The van der Waals surface area contributed by atoms with Gasteiger partial charge in [-0.2, -0.15) is 18.2 Å². The van der Waals surface area contributed by atoms with E-state index in [1.54, 1.807) is 13.8 Å². The third kappa shape index (κ3) is 3.74. The molecule has 1 aliphatic rings. The van der Waals surface area contributed by atoms with Crippen molar-refractivity contribution < 1.29 is 18.0 Å². The monoisotopic (exact) mass is 355 g/mol. The van der Waals surface area contributed by atoms with E-state index in [9.17, 15) is 18.0 Å². The van der Waals surface area contributed by atoms with Crippen molar-refractivity contribution in [1.82, 2.24) is 24.9 Å². The molecular formula is C16H20F3N5O. The number of aryl methyl sites for hydroxylation is 2. The first-order valence-corrected chi connectivity index (χ1v) is 8.26. The van der Waals surface area contributed by atoms with Crippen LogP contribution in [0.4, 0.5) is 13.2 Å². The van der Waals surface area contributed by atoms with Crippen LogP contribution in [0.5, 0.6) is 0 Å². The second-order valence-electron chi connectivity index (χ2n) is 6.60. The first-order chi connectivity index (χ1) is 11.7. The Labute approximate surface area is 142 Å². The van der Waals surface area contributed by atoms with Gasteiger partial charge in [-0.25, -0.2) is 9.50 Å². The van der Waals surface area contributed by atoms with Gasteiger partial charge in [0, 0.05) is 23.9 Å². The Bertz CT molecular complexity index is 810. The molecule has 0 radical (unpaired) electrons. The highest BCUT2D eigenvalue weighted by Crippen LogP contribution is 2.32. The molecule has 1 saturated carbocycles. The lowest BCUT2D eigenvalue weighted by atomic mass is 10.1. The summed E-state index contributed by atoms with van der Waals surface area (Å²) in [6, 6.07) is 0.167. The van der Waals surface area contributed by atoms with Crippen LogP contribution < -0.4 is 5.32 Å². The number of alkyl halides is 3. The van der Waals surface area contributed by atoms with Gasteiger partial charge >= 0.3 is 6.18 Å². The molecule has 1 atom stereocenters. The molecule has 25 heavy (non-hydrogen) atoms. The van der Waals surface area contributed by atoms with Crippen LogP contribution in [-0.4, -0.2) is 31.5 Å². The first-order valence-electron chi connectivity index (χ1n) is 8.26. The van der Waals surface area contributed by atoms with Crippen molar-refractivity contribution >= 4 is 11.7 Å². The number of rotatable bonds is 5. The van der Waals surface area contributed by atoms with Gasteiger partial charge < -0.3 is 5.32 Å². The third-order valence-corrected chi connectivity index (χ3v) is 4.62. The van der Waals surface area contributed by atoms with Gasteiger partial charge in [-0.05, 0) is 51.5 Å². The molecular weight excluding hydrogens is 335 g/mol. The number of carbonyl (C=O) groups excluding carboxylic acids is 1.